The minimum Gasteiger partial charge on any atom is -0.389 e. The van der Waals surface area contributed by atoms with Crippen LogP contribution in [0.15, 0.2) is 24.3 Å². The lowest BCUT2D eigenvalue weighted by Gasteiger charge is -2.08. The molecule has 0 aliphatic carbocycles. The number of aliphatic hydroxyl groups is 1. The predicted molar refractivity (Wildman–Crippen MR) is 67.4 cm³/mol. The SMILES string of the molecule is CC(O)c1cccc(NC(=O)Nc2nnns2)c1. The van der Waals surface area contributed by atoms with Gasteiger partial charge in [-0.25, -0.2) is 4.79 Å². The first-order chi connectivity index (χ1) is 8.65. The summed E-state index contributed by atoms with van der Waals surface area (Å²) < 4.78 is 3.52. The zero-order valence-electron chi connectivity index (χ0n) is 9.49. The molecule has 1 unspecified atom stereocenters. The summed E-state index contributed by atoms with van der Waals surface area (Å²) in [4.78, 5) is 11.6. The van der Waals surface area contributed by atoms with Crippen molar-refractivity contribution >= 4 is 28.4 Å². The Kier molecular flexibility index (Phi) is 3.80. The second kappa shape index (κ2) is 5.52. The van der Waals surface area contributed by atoms with Gasteiger partial charge in [0.05, 0.1) is 6.10 Å². The van der Waals surface area contributed by atoms with Crippen LogP contribution in [0, 0.1) is 0 Å². The molecule has 0 saturated heterocycles. The molecule has 0 fully saturated rings. The average molecular weight is 265 g/mol. The highest BCUT2D eigenvalue weighted by Crippen LogP contribution is 2.17. The number of aromatic nitrogens is 3. The van der Waals surface area contributed by atoms with Crippen LogP contribution in [-0.2, 0) is 0 Å². The van der Waals surface area contributed by atoms with Crippen LogP contribution in [0.3, 0.4) is 0 Å². The normalized spacial score (nSPS) is 11.9. The molecular formula is C10H11N5O2S. The van der Waals surface area contributed by atoms with Gasteiger partial charge in [0.15, 0.2) is 0 Å². The number of nitrogens with one attached hydrogen (secondary N) is 2. The van der Waals surface area contributed by atoms with E-state index in [-0.39, 0.29) is 0 Å². The topological polar surface area (TPSA) is 100 Å². The van der Waals surface area contributed by atoms with Gasteiger partial charge < -0.3 is 10.4 Å². The minimum atomic E-state index is -0.581. The molecule has 1 aromatic heterocycles. The summed E-state index contributed by atoms with van der Waals surface area (Å²) in [6, 6.07) is 6.52. The molecule has 18 heavy (non-hydrogen) atoms. The van der Waals surface area contributed by atoms with Crippen LogP contribution in [0.4, 0.5) is 15.6 Å². The lowest BCUT2D eigenvalue weighted by molar-refractivity contribution is 0.199. The van der Waals surface area contributed by atoms with Gasteiger partial charge in [-0.3, -0.25) is 5.32 Å². The molecule has 8 heteroatoms. The van der Waals surface area contributed by atoms with Crippen molar-refractivity contribution < 1.29 is 9.90 Å². The Hall–Kier alpha value is -2.06. The van der Waals surface area contributed by atoms with E-state index in [1.165, 1.54) is 0 Å². The van der Waals surface area contributed by atoms with E-state index in [0.29, 0.717) is 10.8 Å². The number of carbonyl (C=O) groups is 1. The molecule has 7 nitrogen and oxygen atoms in total. The van der Waals surface area contributed by atoms with Crippen molar-refractivity contribution in [2.75, 3.05) is 10.6 Å². The summed E-state index contributed by atoms with van der Waals surface area (Å²) in [5.41, 5.74) is 1.31. The van der Waals surface area contributed by atoms with Crippen molar-refractivity contribution in [1.82, 2.24) is 14.8 Å². The molecule has 1 atom stereocenters. The number of benzene rings is 1. The number of urea groups is 1. The van der Waals surface area contributed by atoms with Crippen LogP contribution in [-0.4, -0.2) is 25.9 Å². The Morgan fingerprint density at radius 2 is 2.28 bits per heavy atom. The molecule has 1 aromatic carbocycles. The lowest BCUT2D eigenvalue weighted by atomic mass is 10.1. The molecule has 0 radical (unpaired) electrons. The van der Waals surface area contributed by atoms with Gasteiger partial charge in [0, 0.05) is 17.2 Å². The third-order valence-electron chi connectivity index (χ3n) is 2.15. The predicted octanol–water partition coefficient (Wildman–Crippen LogP) is 1.63. The van der Waals surface area contributed by atoms with E-state index in [1.54, 1.807) is 31.2 Å². The highest BCUT2D eigenvalue weighted by Gasteiger charge is 2.07. The van der Waals surface area contributed by atoms with Gasteiger partial charge in [0.25, 0.3) is 0 Å². The van der Waals surface area contributed by atoms with E-state index in [9.17, 15) is 9.90 Å². The number of rotatable bonds is 3. The summed E-state index contributed by atoms with van der Waals surface area (Å²) >= 11 is 0.986. The smallest absolute Gasteiger partial charge is 0.325 e. The van der Waals surface area contributed by atoms with Crippen molar-refractivity contribution in [2.45, 2.75) is 13.0 Å². The van der Waals surface area contributed by atoms with E-state index < -0.39 is 12.1 Å². The van der Waals surface area contributed by atoms with Crippen LogP contribution in [0.2, 0.25) is 0 Å². The van der Waals surface area contributed by atoms with Gasteiger partial charge >= 0.3 is 6.03 Å². The highest BCUT2D eigenvalue weighted by molar-refractivity contribution is 7.09. The number of aliphatic hydroxyl groups excluding tert-OH is 1. The standard InChI is InChI=1S/C10H11N5O2S/c1-6(16)7-3-2-4-8(5-7)11-9(17)12-10-13-14-15-18-10/h2-6,16H,1H3,(H2,11,12,13,15,17). The molecule has 0 bridgehead atoms. The third-order valence-corrected chi connectivity index (χ3v) is 2.66. The Bertz CT molecular complexity index is 529. The Morgan fingerprint density at radius 1 is 1.44 bits per heavy atom. The fourth-order valence-electron chi connectivity index (χ4n) is 1.32. The number of hydrogen-bond donors (Lipinski definition) is 3. The summed E-state index contributed by atoms with van der Waals surface area (Å²) in [5, 5.41) is 21.8. The van der Waals surface area contributed by atoms with Gasteiger partial charge in [-0.05, 0) is 29.8 Å². The molecule has 0 aliphatic heterocycles. The third kappa shape index (κ3) is 3.22. The largest absolute Gasteiger partial charge is 0.389 e. The van der Waals surface area contributed by atoms with Crippen LogP contribution < -0.4 is 10.6 Å². The zero-order valence-corrected chi connectivity index (χ0v) is 10.3. The van der Waals surface area contributed by atoms with E-state index >= 15 is 0 Å². The first kappa shape index (κ1) is 12.4. The number of carbonyl (C=O) groups excluding carboxylic acids is 1. The molecule has 94 valence electrons. The van der Waals surface area contributed by atoms with Gasteiger partial charge in [0.2, 0.25) is 5.13 Å². The average Bonchev–Trinajstić information content (AvgIpc) is 2.82. The molecule has 0 spiro atoms. The van der Waals surface area contributed by atoms with Crippen molar-refractivity contribution in [3.63, 3.8) is 0 Å². The summed E-state index contributed by atoms with van der Waals surface area (Å²) in [6.07, 6.45) is -0.581. The Balaban J connectivity index is 2.00. The first-order valence-electron chi connectivity index (χ1n) is 5.16. The van der Waals surface area contributed by atoms with Gasteiger partial charge in [0.1, 0.15) is 0 Å². The molecule has 2 amide bonds. The van der Waals surface area contributed by atoms with E-state index in [4.69, 9.17) is 0 Å². The zero-order chi connectivity index (χ0) is 13.0. The van der Waals surface area contributed by atoms with E-state index in [2.05, 4.69) is 25.4 Å². The molecule has 1 heterocycles. The van der Waals surface area contributed by atoms with Crippen molar-refractivity contribution in [3.8, 4) is 0 Å². The van der Waals surface area contributed by atoms with Gasteiger partial charge in [-0.1, -0.05) is 21.7 Å². The quantitative estimate of drug-likeness (QED) is 0.783. The van der Waals surface area contributed by atoms with E-state index in [1.807, 2.05) is 0 Å². The Morgan fingerprint density at radius 3 is 2.94 bits per heavy atom. The summed E-state index contributed by atoms with van der Waals surface area (Å²) in [5.74, 6) is 0. The Labute approximate surface area is 107 Å². The molecular weight excluding hydrogens is 254 g/mol. The first-order valence-corrected chi connectivity index (χ1v) is 5.93. The maximum Gasteiger partial charge on any atom is 0.325 e. The van der Waals surface area contributed by atoms with E-state index in [0.717, 1.165) is 17.1 Å². The maximum absolute atomic E-state index is 11.6. The number of nitrogens with zero attached hydrogens (tertiary/aromatic N) is 3. The fourth-order valence-corrected chi connectivity index (χ4v) is 1.68. The van der Waals surface area contributed by atoms with Crippen molar-refractivity contribution in [1.29, 1.82) is 0 Å². The summed E-state index contributed by atoms with van der Waals surface area (Å²) in [7, 11) is 0. The van der Waals surface area contributed by atoms with Crippen molar-refractivity contribution in [2.24, 2.45) is 0 Å². The van der Waals surface area contributed by atoms with Crippen LogP contribution in [0.1, 0.15) is 18.6 Å². The monoisotopic (exact) mass is 265 g/mol. The molecule has 0 aliphatic rings. The fraction of sp³-hybridized carbons (Fsp3) is 0.200. The molecule has 3 N–H and O–H groups in total. The molecule has 0 saturated carbocycles. The second-order valence-corrected chi connectivity index (χ2v) is 4.28. The van der Waals surface area contributed by atoms with Gasteiger partial charge in [-0.15, -0.1) is 0 Å². The summed E-state index contributed by atoms with van der Waals surface area (Å²) in [6.45, 7) is 1.66. The van der Waals surface area contributed by atoms with Crippen molar-refractivity contribution in [3.05, 3.63) is 29.8 Å². The van der Waals surface area contributed by atoms with Crippen LogP contribution in [0.25, 0.3) is 0 Å². The number of hydrogen-bond acceptors (Lipinski definition) is 6. The number of anilines is 2. The lowest BCUT2D eigenvalue weighted by Crippen LogP contribution is -2.19. The van der Waals surface area contributed by atoms with Crippen LogP contribution >= 0.6 is 11.5 Å². The second-order valence-electron chi connectivity index (χ2n) is 3.55. The minimum absolute atomic E-state index is 0.319. The molecule has 2 rings (SSSR count). The molecule has 2 aromatic rings. The highest BCUT2D eigenvalue weighted by atomic mass is 32.1. The maximum atomic E-state index is 11.6. The van der Waals surface area contributed by atoms with Gasteiger partial charge in [-0.2, -0.15) is 0 Å². The number of amides is 2. The van der Waals surface area contributed by atoms with Crippen LogP contribution in [0.5, 0.6) is 0 Å².